The van der Waals surface area contributed by atoms with Crippen LogP contribution in [0.4, 0.5) is 11.5 Å². The number of nitrogens with one attached hydrogen (secondary N) is 1. The molecule has 1 heterocycles. The van der Waals surface area contributed by atoms with Crippen molar-refractivity contribution in [3.8, 4) is 11.6 Å². The molecule has 3 N–H and O–H groups in total. The van der Waals surface area contributed by atoms with Crippen molar-refractivity contribution >= 4 is 39.0 Å². The van der Waals surface area contributed by atoms with Crippen molar-refractivity contribution < 1.29 is 4.74 Å². The molecule has 0 fully saturated rings. The number of halogens is 2. The summed E-state index contributed by atoms with van der Waals surface area (Å²) in [5.41, 5.74) is 7.53. The van der Waals surface area contributed by atoms with Gasteiger partial charge in [-0.05, 0) is 42.0 Å². The van der Waals surface area contributed by atoms with Crippen LogP contribution in [-0.2, 0) is 6.54 Å². The van der Waals surface area contributed by atoms with Gasteiger partial charge in [-0.3, -0.25) is 0 Å². The molecule has 0 saturated heterocycles. The molecule has 0 spiro atoms. The van der Waals surface area contributed by atoms with Crippen LogP contribution in [-0.4, -0.2) is 9.97 Å². The first kappa shape index (κ1) is 16.5. The maximum atomic E-state index is 6.11. The minimum Gasteiger partial charge on any atom is -0.437 e. The van der Waals surface area contributed by atoms with Crippen molar-refractivity contribution in [1.29, 1.82) is 0 Å². The van der Waals surface area contributed by atoms with Gasteiger partial charge in [-0.15, -0.1) is 0 Å². The number of nitrogens with zero attached hydrogens (tertiary/aromatic N) is 2. The summed E-state index contributed by atoms with van der Waals surface area (Å²) in [7, 11) is 0. The first-order valence-electron chi connectivity index (χ1n) is 7.14. The average molecular weight is 406 g/mol. The largest absolute Gasteiger partial charge is 0.437 e. The van der Waals surface area contributed by atoms with E-state index in [9.17, 15) is 0 Å². The van der Waals surface area contributed by atoms with Crippen LogP contribution >= 0.6 is 27.5 Å². The molecule has 0 radical (unpaired) electrons. The summed E-state index contributed by atoms with van der Waals surface area (Å²) in [5.74, 6) is 1.48. The molecule has 0 aliphatic heterocycles. The van der Waals surface area contributed by atoms with Crippen LogP contribution in [0.2, 0.25) is 5.02 Å². The number of hydrogen-bond donors (Lipinski definition) is 2. The highest BCUT2D eigenvalue weighted by molar-refractivity contribution is 9.10. The average Bonchev–Trinajstić information content (AvgIpc) is 2.59. The number of ether oxygens (including phenoxy) is 1. The lowest BCUT2D eigenvalue weighted by molar-refractivity contribution is 0.464. The third kappa shape index (κ3) is 4.15. The van der Waals surface area contributed by atoms with Gasteiger partial charge in [-0.25, -0.2) is 4.98 Å². The van der Waals surface area contributed by atoms with Crippen molar-refractivity contribution in [2.45, 2.75) is 6.54 Å². The van der Waals surface area contributed by atoms with Gasteiger partial charge >= 0.3 is 0 Å². The van der Waals surface area contributed by atoms with E-state index in [4.69, 9.17) is 22.1 Å². The van der Waals surface area contributed by atoms with Gasteiger partial charge in [0, 0.05) is 16.0 Å². The van der Waals surface area contributed by atoms with Crippen molar-refractivity contribution in [2.24, 2.45) is 0 Å². The van der Waals surface area contributed by atoms with Crippen LogP contribution in [0, 0.1) is 0 Å². The first-order valence-corrected chi connectivity index (χ1v) is 8.31. The Morgan fingerprint density at radius 1 is 1.04 bits per heavy atom. The Kier molecular flexibility index (Phi) is 5.17. The number of hydrogen-bond acceptors (Lipinski definition) is 5. The van der Waals surface area contributed by atoms with Crippen LogP contribution in [0.1, 0.15) is 5.56 Å². The Hall–Kier alpha value is -2.31. The normalized spacial score (nSPS) is 10.4. The van der Waals surface area contributed by atoms with Crippen LogP contribution in [0.25, 0.3) is 0 Å². The Morgan fingerprint density at radius 2 is 1.75 bits per heavy atom. The van der Waals surface area contributed by atoms with E-state index in [1.807, 2.05) is 48.5 Å². The summed E-state index contributed by atoms with van der Waals surface area (Å²) < 4.78 is 6.69. The monoisotopic (exact) mass is 404 g/mol. The SMILES string of the molecule is Nc1c(NCc2ccc(Cl)cc2)ncnc1Oc1ccc(Br)cc1. The van der Waals surface area contributed by atoms with E-state index in [-0.39, 0.29) is 0 Å². The van der Waals surface area contributed by atoms with Crippen LogP contribution in [0.15, 0.2) is 59.3 Å². The smallest absolute Gasteiger partial charge is 0.248 e. The number of benzene rings is 2. The lowest BCUT2D eigenvalue weighted by Crippen LogP contribution is -2.06. The third-order valence-electron chi connectivity index (χ3n) is 3.25. The van der Waals surface area contributed by atoms with Crippen LogP contribution < -0.4 is 15.8 Å². The fourth-order valence-electron chi connectivity index (χ4n) is 2.00. The molecular formula is C17H14BrClN4O. The maximum Gasteiger partial charge on any atom is 0.248 e. The molecule has 0 amide bonds. The van der Waals surface area contributed by atoms with Gasteiger partial charge in [0.1, 0.15) is 17.8 Å². The predicted molar refractivity (Wildman–Crippen MR) is 99.4 cm³/mol. The van der Waals surface area contributed by atoms with Crippen molar-refractivity contribution in [2.75, 3.05) is 11.1 Å². The van der Waals surface area contributed by atoms with Gasteiger partial charge in [-0.1, -0.05) is 39.7 Å². The number of nitrogen functional groups attached to an aromatic ring is 1. The molecule has 0 saturated carbocycles. The summed E-state index contributed by atoms with van der Waals surface area (Å²) in [6.07, 6.45) is 1.41. The van der Waals surface area contributed by atoms with E-state index in [1.165, 1.54) is 6.33 Å². The topological polar surface area (TPSA) is 73.1 Å². The van der Waals surface area contributed by atoms with E-state index in [2.05, 4.69) is 31.2 Å². The fraction of sp³-hybridized carbons (Fsp3) is 0.0588. The summed E-state index contributed by atoms with van der Waals surface area (Å²) in [5, 5.41) is 3.88. The van der Waals surface area contributed by atoms with Gasteiger partial charge in [0.25, 0.3) is 0 Å². The number of aromatic nitrogens is 2. The Morgan fingerprint density at radius 3 is 2.46 bits per heavy atom. The van der Waals surface area contributed by atoms with Crippen LogP contribution in [0.3, 0.4) is 0 Å². The molecule has 1 aromatic heterocycles. The lowest BCUT2D eigenvalue weighted by Gasteiger charge is -2.12. The molecule has 122 valence electrons. The standard InChI is InChI=1S/C17H14BrClN4O/c18-12-3-7-14(8-4-12)24-17-15(20)16(22-10-23-17)21-9-11-1-5-13(19)6-2-11/h1-8,10H,9,20H2,(H,21,22,23). The third-order valence-corrected chi connectivity index (χ3v) is 4.03. The minimum atomic E-state index is 0.311. The molecule has 0 aliphatic carbocycles. The highest BCUT2D eigenvalue weighted by Crippen LogP contribution is 2.30. The molecule has 0 atom stereocenters. The summed E-state index contributed by atoms with van der Waals surface area (Å²) >= 11 is 9.26. The second kappa shape index (κ2) is 7.51. The summed E-state index contributed by atoms with van der Waals surface area (Å²) in [4.78, 5) is 8.26. The summed E-state index contributed by atoms with van der Waals surface area (Å²) in [6.45, 7) is 0.566. The molecule has 3 rings (SSSR count). The molecule has 24 heavy (non-hydrogen) atoms. The molecule has 7 heteroatoms. The quantitative estimate of drug-likeness (QED) is 0.633. The Bertz CT molecular complexity index is 825. The molecule has 0 unspecified atom stereocenters. The van der Waals surface area contributed by atoms with Gasteiger partial charge in [-0.2, -0.15) is 4.98 Å². The van der Waals surface area contributed by atoms with Gasteiger partial charge < -0.3 is 15.8 Å². The van der Waals surface area contributed by atoms with Crippen molar-refractivity contribution in [3.05, 3.63) is 69.9 Å². The zero-order valence-corrected chi connectivity index (χ0v) is 14.9. The number of rotatable bonds is 5. The lowest BCUT2D eigenvalue weighted by atomic mass is 10.2. The highest BCUT2D eigenvalue weighted by atomic mass is 79.9. The highest BCUT2D eigenvalue weighted by Gasteiger charge is 2.10. The molecule has 2 aromatic carbocycles. The van der Waals surface area contributed by atoms with Gasteiger partial charge in [0.05, 0.1) is 0 Å². The zero-order valence-electron chi connectivity index (χ0n) is 12.5. The molecule has 0 bridgehead atoms. The Labute approximate surface area is 153 Å². The molecule has 0 aliphatic rings. The molecule has 5 nitrogen and oxygen atoms in total. The zero-order chi connectivity index (χ0) is 16.9. The van der Waals surface area contributed by atoms with E-state index in [0.717, 1.165) is 10.0 Å². The summed E-state index contributed by atoms with van der Waals surface area (Å²) in [6, 6.07) is 15.0. The minimum absolute atomic E-state index is 0.311. The van der Waals surface area contributed by atoms with E-state index >= 15 is 0 Å². The van der Waals surface area contributed by atoms with E-state index in [0.29, 0.717) is 34.7 Å². The Balaban J connectivity index is 1.72. The van der Waals surface area contributed by atoms with Gasteiger partial charge in [0.15, 0.2) is 5.82 Å². The molecular weight excluding hydrogens is 392 g/mol. The fourth-order valence-corrected chi connectivity index (χ4v) is 2.39. The van der Waals surface area contributed by atoms with Crippen LogP contribution in [0.5, 0.6) is 11.6 Å². The number of anilines is 2. The van der Waals surface area contributed by atoms with Crippen molar-refractivity contribution in [1.82, 2.24) is 9.97 Å². The number of nitrogens with two attached hydrogens (primary N) is 1. The van der Waals surface area contributed by atoms with Gasteiger partial charge in [0.2, 0.25) is 5.88 Å². The molecule has 3 aromatic rings. The van der Waals surface area contributed by atoms with E-state index in [1.54, 1.807) is 0 Å². The predicted octanol–water partition coefficient (Wildman–Crippen LogP) is 4.88. The maximum absolute atomic E-state index is 6.11. The second-order valence-corrected chi connectivity index (χ2v) is 6.33. The van der Waals surface area contributed by atoms with E-state index < -0.39 is 0 Å². The second-order valence-electron chi connectivity index (χ2n) is 4.98. The first-order chi connectivity index (χ1) is 11.6. The van der Waals surface area contributed by atoms with Crippen molar-refractivity contribution in [3.63, 3.8) is 0 Å².